The highest BCUT2D eigenvalue weighted by Gasteiger charge is 2.37. The van der Waals surface area contributed by atoms with Gasteiger partial charge in [-0.05, 0) is 66.2 Å². The molecule has 3 atom stereocenters. The average molecular weight is 337 g/mol. The molecule has 0 radical (unpaired) electrons. The molecule has 0 saturated heterocycles. The quantitative estimate of drug-likeness (QED) is 0.911. The van der Waals surface area contributed by atoms with Crippen molar-refractivity contribution in [1.29, 1.82) is 0 Å². The summed E-state index contributed by atoms with van der Waals surface area (Å²) in [7, 11) is -3.97. The Morgan fingerprint density at radius 2 is 2.00 bits per heavy atom. The third-order valence-electron chi connectivity index (χ3n) is 5.79. The molecule has 23 heavy (non-hydrogen) atoms. The summed E-state index contributed by atoms with van der Waals surface area (Å²) in [5.74, 6) is 2.67. The molecule has 0 amide bonds. The molecule has 2 aliphatic carbocycles. The van der Waals surface area contributed by atoms with Gasteiger partial charge in [-0.25, -0.2) is 0 Å². The topological polar surface area (TPSA) is 69.4 Å². The summed E-state index contributed by atoms with van der Waals surface area (Å²) in [6.45, 7) is 4.33. The van der Waals surface area contributed by atoms with Crippen molar-refractivity contribution in [2.75, 3.05) is 0 Å². The number of hydrogen-bond donors (Lipinski definition) is 1. The van der Waals surface area contributed by atoms with Crippen LogP contribution < -0.4 is 9.32 Å². The fraction of sp³-hybridized carbons (Fsp3) is 0.667. The van der Waals surface area contributed by atoms with E-state index in [0.717, 1.165) is 30.2 Å². The standard InChI is InChI=1S/C18H27NO3S/c1-3-12-6-5-7-16-15(12)9-8-14-11-18(22-23(19,20)21)13(4-2)10-17(14)16/h10-12,15-16H,3-9H2,1-2H3,(H2,19,20,21). The van der Waals surface area contributed by atoms with Gasteiger partial charge >= 0.3 is 10.3 Å². The molecule has 2 N–H and O–H groups in total. The number of fused-ring (bicyclic) bond motifs is 3. The van der Waals surface area contributed by atoms with E-state index in [4.69, 9.17) is 9.32 Å². The van der Waals surface area contributed by atoms with Crippen molar-refractivity contribution in [2.45, 2.75) is 64.7 Å². The van der Waals surface area contributed by atoms with Crippen LogP contribution >= 0.6 is 0 Å². The fourth-order valence-electron chi connectivity index (χ4n) is 4.74. The summed E-state index contributed by atoms with van der Waals surface area (Å²) in [5, 5.41) is 5.06. The van der Waals surface area contributed by atoms with E-state index < -0.39 is 10.3 Å². The molecule has 0 aliphatic heterocycles. The molecule has 0 spiro atoms. The Bertz CT molecular complexity index is 684. The Labute approximate surface area is 139 Å². The van der Waals surface area contributed by atoms with Gasteiger partial charge in [0.1, 0.15) is 5.75 Å². The zero-order chi connectivity index (χ0) is 16.6. The maximum atomic E-state index is 11.3. The van der Waals surface area contributed by atoms with Gasteiger partial charge in [0.25, 0.3) is 0 Å². The molecule has 0 heterocycles. The lowest BCUT2D eigenvalue weighted by Crippen LogP contribution is -2.31. The van der Waals surface area contributed by atoms with E-state index in [1.807, 2.05) is 13.0 Å². The van der Waals surface area contributed by atoms with Gasteiger partial charge in [-0.15, -0.1) is 0 Å². The largest absolute Gasteiger partial charge is 0.380 e. The lowest BCUT2D eigenvalue weighted by atomic mass is 9.62. The number of rotatable bonds is 4. The Morgan fingerprint density at radius 1 is 1.22 bits per heavy atom. The maximum absolute atomic E-state index is 11.3. The number of hydrogen-bond acceptors (Lipinski definition) is 3. The van der Waals surface area contributed by atoms with Crippen molar-refractivity contribution in [3.8, 4) is 5.75 Å². The molecule has 1 aromatic carbocycles. The Kier molecular flexibility index (Phi) is 4.70. The van der Waals surface area contributed by atoms with Crippen LogP contribution in [0.25, 0.3) is 0 Å². The second kappa shape index (κ2) is 6.44. The zero-order valence-electron chi connectivity index (χ0n) is 14.0. The van der Waals surface area contributed by atoms with Crippen LogP contribution in [-0.4, -0.2) is 8.42 Å². The highest BCUT2D eigenvalue weighted by molar-refractivity contribution is 7.84. The van der Waals surface area contributed by atoms with Crippen LogP contribution in [-0.2, 0) is 23.1 Å². The molecule has 128 valence electrons. The summed E-state index contributed by atoms with van der Waals surface area (Å²) < 4.78 is 27.6. The summed E-state index contributed by atoms with van der Waals surface area (Å²) in [4.78, 5) is 0. The van der Waals surface area contributed by atoms with Gasteiger partial charge in [-0.2, -0.15) is 13.6 Å². The molecule has 1 fully saturated rings. The van der Waals surface area contributed by atoms with Gasteiger partial charge in [-0.1, -0.05) is 39.2 Å². The normalized spacial score (nSPS) is 27.2. The van der Waals surface area contributed by atoms with E-state index in [0.29, 0.717) is 11.7 Å². The highest BCUT2D eigenvalue weighted by atomic mass is 32.2. The molecule has 0 bridgehead atoms. The SMILES string of the molecule is CCc1cc2c(cc1OS(N)(=O)=O)CCC1C(CC)CCCC21. The predicted octanol–water partition coefficient (Wildman–Crippen LogP) is 3.69. The zero-order valence-corrected chi connectivity index (χ0v) is 14.9. The van der Waals surface area contributed by atoms with Gasteiger partial charge in [0, 0.05) is 0 Å². The van der Waals surface area contributed by atoms with Gasteiger partial charge in [0.05, 0.1) is 0 Å². The van der Waals surface area contributed by atoms with Crippen LogP contribution in [0.1, 0.15) is 68.6 Å². The molecule has 3 unspecified atom stereocenters. The van der Waals surface area contributed by atoms with Crippen LogP contribution in [0.15, 0.2) is 12.1 Å². The highest BCUT2D eigenvalue weighted by Crippen LogP contribution is 2.49. The molecule has 3 rings (SSSR count). The molecular weight excluding hydrogens is 310 g/mol. The minimum Gasteiger partial charge on any atom is -0.371 e. The van der Waals surface area contributed by atoms with Crippen molar-refractivity contribution < 1.29 is 12.6 Å². The van der Waals surface area contributed by atoms with E-state index in [2.05, 4.69) is 13.0 Å². The maximum Gasteiger partial charge on any atom is 0.380 e. The number of nitrogens with two attached hydrogens (primary N) is 1. The van der Waals surface area contributed by atoms with E-state index in [1.165, 1.54) is 43.2 Å². The smallest absolute Gasteiger partial charge is 0.371 e. The van der Waals surface area contributed by atoms with Crippen molar-refractivity contribution in [3.05, 3.63) is 28.8 Å². The molecule has 0 aromatic heterocycles. The van der Waals surface area contributed by atoms with E-state index in [9.17, 15) is 8.42 Å². The first kappa shape index (κ1) is 16.8. The molecule has 1 saturated carbocycles. The van der Waals surface area contributed by atoms with Crippen molar-refractivity contribution in [3.63, 3.8) is 0 Å². The van der Waals surface area contributed by atoms with Crippen LogP contribution in [0.3, 0.4) is 0 Å². The predicted molar refractivity (Wildman–Crippen MR) is 91.7 cm³/mol. The monoisotopic (exact) mass is 337 g/mol. The Balaban J connectivity index is 1.99. The van der Waals surface area contributed by atoms with Crippen molar-refractivity contribution in [2.24, 2.45) is 17.0 Å². The minimum atomic E-state index is -3.97. The second-order valence-corrected chi connectivity index (χ2v) is 8.15. The first-order valence-electron chi connectivity index (χ1n) is 8.80. The number of benzene rings is 1. The molecule has 4 nitrogen and oxygen atoms in total. The van der Waals surface area contributed by atoms with Gasteiger partial charge in [0.2, 0.25) is 0 Å². The van der Waals surface area contributed by atoms with E-state index >= 15 is 0 Å². The third kappa shape index (κ3) is 3.41. The van der Waals surface area contributed by atoms with Gasteiger partial charge in [-0.3, -0.25) is 0 Å². The van der Waals surface area contributed by atoms with Gasteiger partial charge < -0.3 is 4.18 Å². The lowest BCUT2D eigenvalue weighted by molar-refractivity contribution is 0.175. The average Bonchev–Trinajstić information content (AvgIpc) is 2.51. The van der Waals surface area contributed by atoms with Crippen molar-refractivity contribution >= 4 is 10.3 Å². The lowest BCUT2D eigenvalue weighted by Gasteiger charge is -2.42. The molecule has 1 aromatic rings. The van der Waals surface area contributed by atoms with Crippen LogP contribution in [0.5, 0.6) is 5.75 Å². The number of aryl methyl sites for hydroxylation is 2. The van der Waals surface area contributed by atoms with Gasteiger partial charge in [0.15, 0.2) is 0 Å². The fourth-order valence-corrected chi connectivity index (χ4v) is 5.14. The minimum absolute atomic E-state index is 0.412. The summed E-state index contributed by atoms with van der Waals surface area (Å²) >= 11 is 0. The first-order valence-corrected chi connectivity index (χ1v) is 10.3. The van der Waals surface area contributed by atoms with Crippen LogP contribution in [0.4, 0.5) is 0 Å². The Hall–Kier alpha value is -1.07. The first-order chi connectivity index (χ1) is 10.9. The summed E-state index contributed by atoms with van der Waals surface area (Å²) in [6, 6.07) is 4.11. The van der Waals surface area contributed by atoms with E-state index in [-0.39, 0.29) is 0 Å². The summed E-state index contributed by atoms with van der Waals surface area (Å²) in [5.41, 5.74) is 3.62. The molecule has 2 aliphatic rings. The Morgan fingerprint density at radius 3 is 2.65 bits per heavy atom. The molecular formula is C18H27NO3S. The van der Waals surface area contributed by atoms with Crippen LogP contribution in [0.2, 0.25) is 0 Å². The van der Waals surface area contributed by atoms with Crippen molar-refractivity contribution in [1.82, 2.24) is 0 Å². The molecule has 5 heteroatoms. The second-order valence-electron chi connectivity index (χ2n) is 7.00. The van der Waals surface area contributed by atoms with E-state index in [1.54, 1.807) is 0 Å². The third-order valence-corrected chi connectivity index (χ3v) is 6.20. The van der Waals surface area contributed by atoms with Crippen LogP contribution in [0, 0.1) is 11.8 Å². The summed E-state index contributed by atoms with van der Waals surface area (Å²) in [6.07, 6.45) is 8.15.